The fourth-order valence-corrected chi connectivity index (χ4v) is 1.12. The maximum atomic E-state index is 11.2. The van der Waals surface area contributed by atoms with Crippen molar-refractivity contribution < 1.29 is 14.6 Å². The van der Waals surface area contributed by atoms with Crippen molar-refractivity contribution in [3.8, 4) is 5.75 Å². The van der Waals surface area contributed by atoms with Crippen LogP contribution in [0.3, 0.4) is 0 Å². The van der Waals surface area contributed by atoms with E-state index in [9.17, 15) is 4.79 Å². The first kappa shape index (κ1) is 8.49. The molecule has 0 saturated heterocycles. The molecule has 0 radical (unpaired) electrons. The van der Waals surface area contributed by atoms with Crippen molar-refractivity contribution in [1.82, 2.24) is 14.6 Å². The Morgan fingerprint density at radius 2 is 2.36 bits per heavy atom. The summed E-state index contributed by atoms with van der Waals surface area (Å²) in [5, 5.41) is 12.9. The van der Waals surface area contributed by atoms with Crippen LogP contribution in [0.25, 0.3) is 5.65 Å². The highest BCUT2D eigenvalue weighted by Crippen LogP contribution is 2.12. The second-order valence-corrected chi connectivity index (χ2v) is 2.63. The zero-order valence-corrected chi connectivity index (χ0v) is 7.34. The number of aromatic nitrogens is 3. The van der Waals surface area contributed by atoms with E-state index in [1.165, 1.54) is 30.2 Å². The minimum Gasteiger partial charge on any atom is -0.505 e. The van der Waals surface area contributed by atoms with Crippen LogP contribution in [0, 0.1) is 0 Å². The summed E-state index contributed by atoms with van der Waals surface area (Å²) in [7, 11) is 1.28. The van der Waals surface area contributed by atoms with E-state index in [1.807, 2.05) is 0 Å². The average Bonchev–Trinajstić information content (AvgIpc) is 2.59. The van der Waals surface area contributed by atoms with Gasteiger partial charge in [0.25, 0.3) is 0 Å². The van der Waals surface area contributed by atoms with Gasteiger partial charge in [-0.15, -0.1) is 0 Å². The van der Waals surface area contributed by atoms with Gasteiger partial charge in [-0.3, -0.25) is 0 Å². The molecule has 0 aliphatic rings. The third-order valence-corrected chi connectivity index (χ3v) is 1.75. The predicted octanol–water partition coefficient (Wildman–Crippen LogP) is 0.221. The molecule has 6 nitrogen and oxygen atoms in total. The number of rotatable bonds is 1. The molecule has 2 rings (SSSR count). The number of fused-ring (bicyclic) bond motifs is 1. The van der Waals surface area contributed by atoms with E-state index in [1.54, 1.807) is 0 Å². The molecular weight excluding hydrogens is 186 g/mol. The first-order valence-corrected chi connectivity index (χ1v) is 3.83. The Morgan fingerprint density at radius 3 is 3.07 bits per heavy atom. The number of carbonyl (C=O) groups is 1. The lowest BCUT2D eigenvalue weighted by Gasteiger charge is -1.96. The average molecular weight is 193 g/mol. The quantitative estimate of drug-likeness (QED) is 0.655. The van der Waals surface area contributed by atoms with Gasteiger partial charge in [-0.05, 0) is 0 Å². The molecule has 0 bridgehead atoms. The number of aromatic hydroxyl groups is 1. The van der Waals surface area contributed by atoms with Crippen LogP contribution >= 0.6 is 0 Å². The smallest absolute Gasteiger partial charge is 0.343 e. The normalized spacial score (nSPS) is 10.4. The molecule has 0 amide bonds. The second kappa shape index (κ2) is 2.99. The number of hydrogen-bond acceptors (Lipinski definition) is 5. The summed E-state index contributed by atoms with van der Waals surface area (Å²) in [4.78, 5) is 15.1. The maximum absolute atomic E-state index is 11.2. The number of methoxy groups -OCH3 is 1. The predicted molar refractivity (Wildman–Crippen MR) is 46.0 cm³/mol. The van der Waals surface area contributed by atoms with Crippen LogP contribution in [0.5, 0.6) is 5.75 Å². The largest absolute Gasteiger partial charge is 0.505 e. The Kier molecular flexibility index (Phi) is 1.81. The van der Waals surface area contributed by atoms with Gasteiger partial charge in [0.15, 0.2) is 11.4 Å². The maximum Gasteiger partial charge on any atom is 0.343 e. The number of carbonyl (C=O) groups excluding carboxylic acids is 1. The van der Waals surface area contributed by atoms with Crippen molar-refractivity contribution in [2.45, 2.75) is 0 Å². The summed E-state index contributed by atoms with van der Waals surface area (Å²) < 4.78 is 5.85. The van der Waals surface area contributed by atoms with Gasteiger partial charge in [0.05, 0.1) is 25.7 Å². The Labute approximate surface area is 78.8 Å². The third-order valence-electron chi connectivity index (χ3n) is 1.75. The molecule has 0 fully saturated rings. The Bertz CT molecular complexity index is 492. The van der Waals surface area contributed by atoms with E-state index in [0.29, 0.717) is 5.65 Å². The zero-order valence-electron chi connectivity index (χ0n) is 7.34. The zero-order chi connectivity index (χ0) is 10.1. The minimum atomic E-state index is -0.502. The van der Waals surface area contributed by atoms with Crippen LogP contribution in [0.2, 0.25) is 0 Å². The molecule has 2 aromatic rings. The molecule has 1 N–H and O–H groups in total. The summed E-state index contributed by atoms with van der Waals surface area (Å²) in [5.74, 6) is -0.518. The van der Waals surface area contributed by atoms with Crippen molar-refractivity contribution in [2.24, 2.45) is 0 Å². The number of hydrogen-bond donors (Lipinski definition) is 1. The highest BCUT2D eigenvalue weighted by atomic mass is 16.5. The molecule has 2 heterocycles. The highest BCUT2D eigenvalue weighted by molar-refractivity contribution is 5.95. The van der Waals surface area contributed by atoms with E-state index in [4.69, 9.17) is 5.11 Å². The molecule has 2 aromatic heterocycles. The standard InChI is InChI=1S/C8H7N3O3/c1-14-8(13)6-3-10-11-4-5(12)2-9-7(6)11/h2-4,12H,1H3. The number of esters is 1. The monoisotopic (exact) mass is 193 g/mol. The van der Waals surface area contributed by atoms with Gasteiger partial charge in [0.1, 0.15) is 5.56 Å². The van der Waals surface area contributed by atoms with Crippen molar-refractivity contribution in [1.29, 1.82) is 0 Å². The SMILES string of the molecule is COC(=O)c1cnn2cc(O)cnc12. The first-order valence-electron chi connectivity index (χ1n) is 3.83. The van der Waals surface area contributed by atoms with Gasteiger partial charge in [0, 0.05) is 0 Å². The topological polar surface area (TPSA) is 76.7 Å². The van der Waals surface area contributed by atoms with Crippen LogP contribution in [0.15, 0.2) is 18.6 Å². The molecule has 0 spiro atoms. The summed E-state index contributed by atoms with van der Waals surface area (Å²) in [6, 6.07) is 0. The first-order chi connectivity index (χ1) is 6.72. The van der Waals surface area contributed by atoms with E-state index in [2.05, 4.69) is 14.8 Å². The number of ether oxygens (including phenoxy) is 1. The lowest BCUT2D eigenvalue weighted by molar-refractivity contribution is 0.0602. The highest BCUT2D eigenvalue weighted by Gasteiger charge is 2.13. The molecule has 0 aliphatic carbocycles. The van der Waals surface area contributed by atoms with E-state index in [-0.39, 0.29) is 11.3 Å². The Hall–Kier alpha value is -2.11. The van der Waals surface area contributed by atoms with Gasteiger partial charge in [-0.25, -0.2) is 14.3 Å². The van der Waals surface area contributed by atoms with Gasteiger partial charge in [-0.1, -0.05) is 0 Å². The van der Waals surface area contributed by atoms with Gasteiger partial charge >= 0.3 is 5.97 Å². The molecule has 14 heavy (non-hydrogen) atoms. The van der Waals surface area contributed by atoms with Crippen LogP contribution in [-0.4, -0.2) is 32.8 Å². The summed E-state index contributed by atoms with van der Waals surface area (Å²) in [6.07, 6.45) is 3.94. The van der Waals surface area contributed by atoms with Crippen LogP contribution in [0.4, 0.5) is 0 Å². The van der Waals surface area contributed by atoms with Gasteiger partial charge in [0.2, 0.25) is 0 Å². The second-order valence-electron chi connectivity index (χ2n) is 2.63. The molecule has 0 unspecified atom stereocenters. The third kappa shape index (κ3) is 1.17. The summed E-state index contributed by atoms with van der Waals surface area (Å²) in [6.45, 7) is 0. The Morgan fingerprint density at radius 1 is 1.57 bits per heavy atom. The molecule has 0 aromatic carbocycles. The minimum absolute atomic E-state index is 0.0167. The van der Waals surface area contributed by atoms with Crippen molar-refractivity contribution in [3.63, 3.8) is 0 Å². The van der Waals surface area contributed by atoms with Crippen molar-refractivity contribution in [2.75, 3.05) is 7.11 Å². The molecule has 0 saturated carbocycles. The molecule has 6 heteroatoms. The van der Waals surface area contributed by atoms with Gasteiger partial charge < -0.3 is 9.84 Å². The van der Waals surface area contributed by atoms with E-state index in [0.717, 1.165) is 0 Å². The molecule has 0 atom stereocenters. The van der Waals surface area contributed by atoms with Crippen LogP contribution < -0.4 is 0 Å². The van der Waals surface area contributed by atoms with E-state index >= 15 is 0 Å². The fraction of sp³-hybridized carbons (Fsp3) is 0.125. The van der Waals surface area contributed by atoms with E-state index < -0.39 is 5.97 Å². The van der Waals surface area contributed by atoms with Crippen LogP contribution in [0.1, 0.15) is 10.4 Å². The lowest BCUT2D eigenvalue weighted by Crippen LogP contribution is -2.01. The number of nitrogens with zero attached hydrogens (tertiary/aromatic N) is 3. The van der Waals surface area contributed by atoms with Crippen LogP contribution in [-0.2, 0) is 4.74 Å². The van der Waals surface area contributed by atoms with Gasteiger partial charge in [-0.2, -0.15) is 5.10 Å². The molecule has 0 aliphatic heterocycles. The lowest BCUT2D eigenvalue weighted by atomic mass is 10.3. The molecule has 72 valence electrons. The summed E-state index contributed by atoms with van der Waals surface area (Å²) >= 11 is 0. The van der Waals surface area contributed by atoms with Crippen molar-refractivity contribution >= 4 is 11.6 Å². The van der Waals surface area contributed by atoms with Crippen molar-refractivity contribution in [3.05, 3.63) is 24.2 Å². The molecular formula is C8H7N3O3. The fourth-order valence-electron chi connectivity index (χ4n) is 1.12. The Balaban J connectivity index is 2.64. The summed E-state index contributed by atoms with van der Waals surface area (Å²) in [5.41, 5.74) is 0.627.